The Bertz CT molecular complexity index is 363. The molecule has 1 aliphatic heterocycles. The smallest absolute Gasteiger partial charge is 0.0440 e. The molecule has 1 aromatic heterocycles. The highest BCUT2D eigenvalue weighted by atomic mass is 32.2. The molecule has 1 N–H and O–H groups in total. The van der Waals surface area contributed by atoms with E-state index in [1.165, 1.54) is 37.2 Å². The van der Waals surface area contributed by atoms with Crippen LogP contribution in [0.15, 0.2) is 6.07 Å². The van der Waals surface area contributed by atoms with Crippen molar-refractivity contribution < 1.29 is 0 Å². The molecule has 1 nitrogen and oxygen atoms in total. The minimum absolute atomic E-state index is 0.570. The maximum atomic E-state index is 3.78. The summed E-state index contributed by atoms with van der Waals surface area (Å²) in [5.41, 5.74) is 1.61. The van der Waals surface area contributed by atoms with Crippen molar-refractivity contribution in [3.8, 4) is 0 Å². The van der Waals surface area contributed by atoms with Crippen LogP contribution in [0.1, 0.15) is 61.4 Å². The summed E-state index contributed by atoms with van der Waals surface area (Å²) in [5.74, 6) is 3.28. The number of fused-ring (bicyclic) bond motifs is 1. The Hall–Kier alpha value is 0.01000. The number of aryl methyl sites for hydroxylation is 1. The molecule has 2 unspecified atom stereocenters. The number of rotatable bonds is 7. The molecule has 0 saturated carbocycles. The summed E-state index contributed by atoms with van der Waals surface area (Å²) in [5, 5.41) is 3.78. The van der Waals surface area contributed by atoms with Gasteiger partial charge in [-0.25, -0.2) is 0 Å². The fourth-order valence-electron chi connectivity index (χ4n) is 2.83. The molecule has 19 heavy (non-hydrogen) atoms. The van der Waals surface area contributed by atoms with E-state index in [0.717, 1.165) is 12.5 Å². The van der Waals surface area contributed by atoms with Crippen LogP contribution >= 0.6 is 23.1 Å². The lowest BCUT2D eigenvalue weighted by molar-refractivity contribution is 0.368. The van der Waals surface area contributed by atoms with Crippen LogP contribution in [0.2, 0.25) is 0 Å². The van der Waals surface area contributed by atoms with Crippen LogP contribution in [0, 0.1) is 5.92 Å². The second-order valence-electron chi connectivity index (χ2n) is 5.60. The Morgan fingerprint density at radius 3 is 2.84 bits per heavy atom. The Balaban J connectivity index is 2.14. The van der Waals surface area contributed by atoms with Gasteiger partial charge in [0.15, 0.2) is 0 Å². The van der Waals surface area contributed by atoms with E-state index in [1.807, 2.05) is 0 Å². The van der Waals surface area contributed by atoms with Crippen LogP contribution in [0.4, 0.5) is 0 Å². The molecule has 0 fully saturated rings. The van der Waals surface area contributed by atoms with Crippen molar-refractivity contribution in [3.63, 3.8) is 0 Å². The van der Waals surface area contributed by atoms with Gasteiger partial charge in [0.2, 0.25) is 0 Å². The number of nitrogens with one attached hydrogen (secondary N) is 1. The van der Waals surface area contributed by atoms with E-state index in [1.54, 1.807) is 15.3 Å². The average Bonchev–Trinajstić information content (AvgIpc) is 2.83. The van der Waals surface area contributed by atoms with Crippen molar-refractivity contribution in [3.05, 3.63) is 21.4 Å². The first-order valence-electron chi connectivity index (χ1n) is 7.68. The number of thiophene rings is 1. The summed E-state index contributed by atoms with van der Waals surface area (Å²) in [4.78, 5) is 3.24. The standard InChI is InChI=1S/C16H27NS2/c1-4-6-12(3)16(17-8-5-2)15-10-13-11-18-9-7-14(13)19-15/h10,12,16-17H,4-9,11H2,1-3H3. The van der Waals surface area contributed by atoms with E-state index in [9.17, 15) is 0 Å². The lowest BCUT2D eigenvalue weighted by atomic mass is 9.95. The van der Waals surface area contributed by atoms with Crippen molar-refractivity contribution in [2.75, 3.05) is 12.3 Å². The molecule has 2 atom stereocenters. The molecule has 2 rings (SSSR count). The second kappa shape index (κ2) is 7.70. The van der Waals surface area contributed by atoms with E-state index in [2.05, 4.69) is 55.3 Å². The predicted octanol–water partition coefficient (Wildman–Crippen LogP) is 5.01. The maximum absolute atomic E-state index is 3.78. The Labute approximate surface area is 126 Å². The molecule has 3 heteroatoms. The van der Waals surface area contributed by atoms with Crippen molar-refractivity contribution in [1.29, 1.82) is 0 Å². The Morgan fingerprint density at radius 2 is 2.16 bits per heavy atom. The highest BCUT2D eigenvalue weighted by Gasteiger charge is 2.22. The molecular formula is C16H27NS2. The SMILES string of the molecule is CCCNC(c1cc2c(s1)CCSC2)C(C)CCC. The quantitative estimate of drug-likeness (QED) is 0.759. The number of hydrogen-bond donors (Lipinski definition) is 1. The van der Waals surface area contributed by atoms with E-state index in [4.69, 9.17) is 0 Å². The first-order chi connectivity index (χ1) is 9.26. The zero-order chi connectivity index (χ0) is 13.7. The summed E-state index contributed by atoms with van der Waals surface area (Å²) in [7, 11) is 0. The largest absolute Gasteiger partial charge is 0.309 e. The maximum Gasteiger partial charge on any atom is 0.0440 e. The topological polar surface area (TPSA) is 12.0 Å². The van der Waals surface area contributed by atoms with Gasteiger partial charge in [-0.15, -0.1) is 11.3 Å². The first-order valence-corrected chi connectivity index (χ1v) is 9.66. The highest BCUT2D eigenvalue weighted by Crippen LogP contribution is 2.37. The third-order valence-corrected chi connectivity index (χ3v) is 6.21. The van der Waals surface area contributed by atoms with Gasteiger partial charge in [-0.05, 0) is 49.1 Å². The molecule has 2 heterocycles. The third-order valence-electron chi connectivity index (χ3n) is 3.88. The molecule has 0 aromatic carbocycles. The zero-order valence-corrected chi connectivity index (χ0v) is 14.1. The zero-order valence-electron chi connectivity index (χ0n) is 12.5. The van der Waals surface area contributed by atoms with Crippen LogP contribution in [0.3, 0.4) is 0 Å². The third kappa shape index (κ3) is 3.99. The van der Waals surface area contributed by atoms with Crippen molar-refractivity contribution in [2.45, 2.75) is 58.2 Å². The Kier molecular flexibility index (Phi) is 6.24. The lowest BCUT2D eigenvalue weighted by Crippen LogP contribution is -2.27. The van der Waals surface area contributed by atoms with Crippen molar-refractivity contribution >= 4 is 23.1 Å². The van der Waals surface area contributed by atoms with E-state index in [0.29, 0.717) is 6.04 Å². The molecule has 108 valence electrons. The summed E-state index contributed by atoms with van der Waals surface area (Å²) in [6, 6.07) is 3.06. The van der Waals surface area contributed by atoms with E-state index >= 15 is 0 Å². The minimum atomic E-state index is 0.570. The van der Waals surface area contributed by atoms with Crippen LogP contribution in [0.25, 0.3) is 0 Å². The molecule has 0 amide bonds. The monoisotopic (exact) mass is 297 g/mol. The van der Waals surface area contributed by atoms with Crippen molar-refractivity contribution in [1.82, 2.24) is 5.32 Å². The van der Waals surface area contributed by atoms with Gasteiger partial charge < -0.3 is 5.32 Å². The molecule has 0 saturated heterocycles. The fraction of sp³-hybridized carbons (Fsp3) is 0.750. The first kappa shape index (κ1) is 15.4. The number of hydrogen-bond acceptors (Lipinski definition) is 3. The van der Waals surface area contributed by atoms with Gasteiger partial charge in [-0.2, -0.15) is 11.8 Å². The number of thioether (sulfide) groups is 1. The lowest BCUT2D eigenvalue weighted by Gasteiger charge is -2.24. The second-order valence-corrected chi connectivity index (χ2v) is 7.87. The van der Waals surface area contributed by atoms with Gasteiger partial charge >= 0.3 is 0 Å². The van der Waals surface area contributed by atoms with Crippen LogP contribution < -0.4 is 5.32 Å². The van der Waals surface area contributed by atoms with Gasteiger partial charge in [0.25, 0.3) is 0 Å². The van der Waals surface area contributed by atoms with E-state index < -0.39 is 0 Å². The molecule has 0 aliphatic carbocycles. The van der Waals surface area contributed by atoms with E-state index in [-0.39, 0.29) is 0 Å². The highest BCUT2D eigenvalue weighted by molar-refractivity contribution is 7.98. The summed E-state index contributed by atoms with van der Waals surface area (Å²) >= 11 is 4.16. The summed E-state index contributed by atoms with van der Waals surface area (Å²) < 4.78 is 0. The van der Waals surface area contributed by atoms with Gasteiger partial charge in [0, 0.05) is 21.5 Å². The van der Waals surface area contributed by atoms with Crippen LogP contribution in [-0.2, 0) is 12.2 Å². The molecule has 0 bridgehead atoms. The van der Waals surface area contributed by atoms with Crippen LogP contribution in [-0.4, -0.2) is 12.3 Å². The average molecular weight is 298 g/mol. The normalized spacial score (nSPS) is 18.1. The molecule has 1 aromatic rings. The molecule has 0 spiro atoms. The molecule has 1 aliphatic rings. The summed E-state index contributed by atoms with van der Waals surface area (Å²) in [6.07, 6.45) is 5.11. The fourth-order valence-corrected chi connectivity index (χ4v) is 5.41. The van der Waals surface area contributed by atoms with Gasteiger partial charge in [0.1, 0.15) is 0 Å². The van der Waals surface area contributed by atoms with Crippen molar-refractivity contribution in [2.24, 2.45) is 5.92 Å². The van der Waals surface area contributed by atoms with Gasteiger partial charge in [0.05, 0.1) is 0 Å². The van der Waals surface area contributed by atoms with Gasteiger partial charge in [-0.3, -0.25) is 0 Å². The Morgan fingerprint density at radius 1 is 1.32 bits per heavy atom. The predicted molar refractivity (Wildman–Crippen MR) is 89.3 cm³/mol. The molecular weight excluding hydrogens is 270 g/mol. The minimum Gasteiger partial charge on any atom is -0.309 e. The molecule has 0 radical (unpaired) electrons. The van der Waals surface area contributed by atoms with Crippen LogP contribution in [0.5, 0.6) is 0 Å². The van der Waals surface area contributed by atoms with Gasteiger partial charge in [-0.1, -0.05) is 27.2 Å². The summed E-state index contributed by atoms with van der Waals surface area (Å²) in [6.45, 7) is 8.09.